The zero-order chi connectivity index (χ0) is 27.2. The highest BCUT2D eigenvalue weighted by Crippen LogP contribution is 2.29. The van der Waals surface area contributed by atoms with Crippen LogP contribution in [-0.2, 0) is 11.3 Å². The van der Waals surface area contributed by atoms with Gasteiger partial charge in [-0.3, -0.25) is 14.2 Å². The second kappa shape index (κ2) is 11.8. The van der Waals surface area contributed by atoms with E-state index in [-0.39, 0.29) is 29.9 Å². The predicted octanol–water partition coefficient (Wildman–Crippen LogP) is 5.23. The number of ether oxygens (including phenoxy) is 1. The van der Waals surface area contributed by atoms with Gasteiger partial charge >= 0.3 is 0 Å². The molecule has 0 fully saturated rings. The topological polar surface area (TPSA) is 98.1 Å². The number of halogens is 1. The van der Waals surface area contributed by atoms with Gasteiger partial charge in [-0.1, -0.05) is 60.3 Å². The molecule has 0 radical (unpaired) electrons. The third kappa shape index (κ3) is 5.91. The van der Waals surface area contributed by atoms with Crippen molar-refractivity contribution >= 4 is 40.0 Å². The SMILES string of the molecule is COc1ccccc1-n1c(CNC(=O)c2cccc3ccccc23)nnc1SCC(=O)Nc1ccc(F)cc1. The fourth-order valence-corrected chi connectivity index (χ4v) is 4.87. The van der Waals surface area contributed by atoms with Crippen molar-refractivity contribution in [2.45, 2.75) is 11.7 Å². The number of methoxy groups -OCH3 is 1. The number of nitrogens with one attached hydrogen (secondary N) is 2. The molecule has 196 valence electrons. The predicted molar refractivity (Wildman–Crippen MR) is 149 cm³/mol. The number of thioether (sulfide) groups is 1. The number of anilines is 1. The highest BCUT2D eigenvalue weighted by atomic mass is 32.2. The average Bonchev–Trinajstić information content (AvgIpc) is 3.38. The van der Waals surface area contributed by atoms with Crippen LogP contribution in [0.2, 0.25) is 0 Å². The minimum atomic E-state index is -0.382. The van der Waals surface area contributed by atoms with E-state index >= 15 is 0 Å². The van der Waals surface area contributed by atoms with Gasteiger partial charge in [-0.15, -0.1) is 10.2 Å². The summed E-state index contributed by atoms with van der Waals surface area (Å²) in [7, 11) is 1.56. The van der Waals surface area contributed by atoms with Gasteiger partial charge in [0.05, 0.1) is 25.1 Å². The number of carbonyl (C=O) groups excluding carboxylic acids is 2. The molecule has 0 aliphatic carbocycles. The first-order chi connectivity index (χ1) is 19.0. The Morgan fingerprint density at radius 2 is 1.67 bits per heavy atom. The molecule has 0 bridgehead atoms. The Morgan fingerprint density at radius 1 is 0.923 bits per heavy atom. The van der Waals surface area contributed by atoms with Crippen LogP contribution < -0.4 is 15.4 Å². The summed E-state index contributed by atoms with van der Waals surface area (Å²) in [5, 5.41) is 16.6. The maximum atomic E-state index is 13.2. The van der Waals surface area contributed by atoms with Gasteiger partial charge in [-0.2, -0.15) is 0 Å². The summed E-state index contributed by atoms with van der Waals surface area (Å²) in [6.45, 7) is 0.0927. The van der Waals surface area contributed by atoms with Crippen molar-refractivity contribution in [2.24, 2.45) is 0 Å². The third-order valence-electron chi connectivity index (χ3n) is 5.93. The zero-order valence-electron chi connectivity index (χ0n) is 20.9. The number of nitrogens with zero attached hydrogens (tertiary/aromatic N) is 3. The quantitative estimate of drug-likeness (QED) is 0.248. The summed E-state index contributed by atoms with van der Waals surface area (Å²) in [5.41, 5.74) is 1.72. The van der Waals surface area contributed by atoms with E-state index in [0.717, 1.165) is 10.8 Å². The lowest BCUT2D eigenvalue weighted by molar-refractivity contribution is -0.113. The molecule has 2 amide bonds. The number of hydrogen-bond acceptors (Lipinski definition) is 6. The normalized spacial score (nSPS) is 10.8. The molecule has 0 spiro atoms. The standard InChI is InChI=1S/C29H24FN5O3S/c1-38-25-12-5-4-11-24(25)35-26(17-31-28(37)23-10-6-8-19-7-2-3-9-22(19)23)33-34-29(35)39-18-27(36)32-21-15-13-20(30)14-16-21/h2-16H,17-18H2,1H3,(H,31,37)(H,32,36). The van der Waals surface area contributed by atoms with Gasteiger partial charge < -0.3 is 15.4 Å². The molecule has 39 heavy (non-hydrogen) atoms. The van der Waals surface area contributed by atoms with Crippen LogP contribution in [0.15, 0.2) is 96.2 Å². The van der Waals surface area contributed by atoms with E-state index in [1.54, 1.807) is 17.7 Å². The summed E-state index contributed by atoms with van der Waals surface area (Å²) in [6, 6.07) is 26.2. The molecule has 10 heteroatoms. The first-order valence-electron chi connectivity index (χ1n) is 12.1. The number of para-hydroxylation sites is 2. The van der Waals surface area contributed by atoms with Crippen LogP contribution in [0.3, 0.4) is 0 Å². The van der Waals surface area contributed by atoms with Crippen LogP contribution in [0.25, 0.3) is 16.5 Å². The highest BCUT2D eigenvalue weighted by molar-refractivity contribution is 7.99. The number of carbonyl (C=O) groups is 2. The summed E-state index contributed by atoms with van der Waals surface area (Å²) in [6.07, 6.45) is 0. The Morgan fingerprint density at radius 3 is 2.49 bits per heavy atom. The van der Waals surface area contributed by atoms with Gasteiger partial charge in [0.15, 0.2) is 11.0 Å². The number of amides is 2. The largest absolute Gasteiger partial charge is 0.495 e. The first-order valence-corrected chi connectivity index (χ1v) is 13.0. The van der Waals surface area contributed by atoms with E-state index in [9.17, 15) is 14.0 Å². The van der Waals surface area contributed by atoms with Crippen LogP contribution in [-0.4, -0.2) is 39.4 Å². The van der Waals surface area contributed by atoms with Crippen molar-refractivity contribution < 1.29 is 18.7 Å². The Labute approximate surface area is 228 Å². The van der Waals surface area contributed by atoms with E-state index in [1.165, 1.54) is 36.0 Å². The lowest BCUT2D eigenvalue weighted by Gasteiger charge is -2.14. The molecule has 0 saturated carbocycles. The Hall–Kier alpha value is -4.70. The molecule has 1 aromatic heterocycles. The van der Waals surface area contributed by atoms with Crippen LogP contribution in [0.4, 0.5) is 10.1 Å². The minimum Gasteiger partial charge on any atom is -0.495 e. The monoisotopic (exact) mass is 541 g/mol. The van der Waals surface area contributed by atoms with Crippen LogP contribution in [0, 0.1) is 5.82 Å². The van der Waals surface area contributed by atoms with E-state index in [1.807, 2.05) is 60.7 Å². The average molecular weight is 542 g/mol. The fourth-order valence-electron chi connectivity index (χ4n) is 4.10. The molecule has 4 aromatic carbocycles. The lowest BCUT2D eigenvalue weighted by Crippen LogP contribution is -2.25. The molecule has 8 nitrogen and oxygen atoms in total. The van der Waals surface area contributed by atoms with Gasteiger partial charge in [0.25, 0.3) is 5.91 Å². The summed E-state index contributed by atoms with van der Waals surface area (Å²) < 4.78 is 20.5. The number of rotatable bonds is 9. The van der Waals surface area contributed by atoms with E-state index in [4.69, 9.17) is 4.74 Å². The van der Waals surface area contributed by atoms with E-state index in [2.05, 4.69) is 20.8 Å². The zero-order valence-corrected chi connectivity index (χ0v) is 21.7. The lowest BCUT2D eigenvalue weighted by atomic mass is 10.0. The molecule has 2 N–H and O–H groups in total. The van der Waals surface area contributed by atoms with Crippen molar-refractivity contribution in [3.63, 3.8) is 0 Å². The van der Waals surface area contributed by atoms with Crippen LogP contribution >= 0.6 is 11.8 Å². The number of hydrogen-bond donors (Lipinski definition) is 2. The van der Waals surface area contributed by atoms with Crippen LogP contribution in [0.1, 0.15) is 16.2 Å². The molecule has 5 rings (SSSR count). The van der Waals surface area contributed by atoms with Crippen molar-refractivity contribution in [1.29, 1.82) is 0 Å². The van der Waals surface area contributed by atoms with E-state index in [0.29, 0.717) is 33.7 Å². The minimum absolute atomic E-state index is 0.0347. The number of aromatic nitrogens is 3. The molecule has 0 saturated heterocycles. The Balaban J connectivity index is 1.37. The summed E-state index contributed by atoms with van der Waals surface area (Å²) in [5.74, 6) is 0.173. The number of fused-ring (bicyclic) bond motifs is 1. The molecule has 0 aliphatic rings. The fraction of sp³-hybridized carbons (Fsp3) is 0.103. The molecule has 0 atom stereocenters. The smallest absolute Gasteiger partial charge is 0.252 e. The molecule has 0 unspecified atom stereocenters. The van der Waals surface area contributed by atoms with Crippen molar-refractivity contribution in [3.8, 4) is 11.4 Å². The molecule has 5 aromatic rings. The van der Waals surface area contributed by atoms with Gasteiger partial charge in [-0.05, 0) is 53.2 Å². The molecule has 0 aliphatic heterocycles. The Kier molecular flexibility index (Phi) is 7.83. The summed E-state index contributed by atoms with van der Waals surface area (Å²) >= 11 is 1.18. The van der Waals surface area contributed by atoms with E-state index < -0.39 is 0 Å². The van der Waals surface area contributed by atoms with Gasteiger partial charge in [0.2, 0.25) is 5.91 Å². The molecular weight excluding hydrogens is 517 g/mol. The third-order valence-corrected chi connectivity index (χ3v) is 6.86. The molecule has 1 heterocycles. The van der Waals surface area contributed by atoms with Crippen LogP contribution in [0.5, 0.6) is 5.75 Å². The first kappa shape index (κ1) is 25.9. The second-order valence-electron chi connectivity index (χ2n) is 8.46. The highest BCUT2D eigenvalue weighted by Gasteiger charge is 2.20. The van der Waals surface area contributed by atoms with Crippen molar-refractivity contribution in [1.82, 2.24) is 20.1 Å². The van der Waals surface area contributed by atoms with Crippen molar-refractivity contribution in [3.05, 3.63) is 108 Å². The molecular formula is C29H24FN5O3S. The van der Waals surface area contributed by atoms with Gasteiger partial charge in [-0.25, -0.2) is 4.39 Å². The van der Waals surface area contributed by atoms with Gasteiger partial charge in [0, 0.05) is 11.3 Å². The van der Waals surface area contributed by atoms with Gasteiger partial charge in [0.1, 0.15) is 11.6 Å². The maximum Gasteiger partial charge on any atom is 0.252 e. The summed E-state index contributed by atoms with van der Waals surface area (Å²) in [4.78, 5) is 25.7. The van der Waals surface area contributed by atoms with Crippen molar-refractivity contribution in [2.75, 3.05) is 18.2 Å². The maximum absolute atomic E-state index is 13.2. The Bertz CT molecular complexity index is 1630. The second-order valence-corrected chi connectivity index (χ2v) is 9.40. The number of benzene rings is 4.